The largest absolute Gasteiger partial charge is 0.352 e. The highest BCUT2D eigenvalue weighted by Gasteiger charge is 2.28. The molecule has 1 saturated heterocycles. The minimum absolute atomic E-state index is 0.0667. The number of carbonyl (C=O) groups is 1. The van der Waals surface area contributed by atoms with E-state index in [1.54, 1.807) is 0 Å². The maximum atomic E-state index is 11.8. The molecule has 1 aromatic rings. The van der Waals surface area contributed by atoms with Crippen LogP contribution in [0.1, 0.15) is 12.0 Å². The lowest BCUT2D eigenvalue weighted by Gasteiger charge is -2.10. The van der Waals surface area contributed by atoms with E-state index >= 15 is 0 Å². The molecule has 1 amide bonds. The second-order valence-corrected chi connectivity index (χ2v) is 7.62. The average molecular weight is 332 g/mol. The van der Waals surface area contributed by atoms with Crippen molar-refractivity contribution < 1.29 is 13.2 Å². The second-order valence-electron chi connectivity index (χ2n) is 4.47. The van der Waals surface area contributed by atoms with Crippen molar-refractivity contribution in [2.75, 3.05) is 11.5 Å². The van der Waals surface area contributed by atoms with E-state index in [0.29, 0.717) is 6.42 Å². The third-order valence-electron chi connectivity index (χ3n) is 2.85. The molecule has 0 spiro atoms. The second kappa shape index (κ2) is 5.40. The Balaban J connectivity index is 1.90. The summed E-state index contributed by atoms with van der Waals surface area (Å²) in [5.41, 5.74) is 0.905. The number of benzene rings is 1. The zero-order valence-electron chi connectivity index (χ0n) is 9.73. The van der Waals surface area contributed by atoms with Gasteiger partial charge in [0.05, 0.1) is 17.9 Å². The molecule has 1 aromatic carbocycles. The molecule has 1 unspecified atom stereocenters. The summed E-state index contributed by atoms with van der Waals surface area (Å²) in [5.74, 6) is 0.113. The van der Waals surface area contributed by atoms with E-state index in [9.17, 15) is 13.2 Å². The third-order valence-corrected chi connectivity index (χ3v) is 5.11. The highest BCUT2D eigenvalue weighted by atomic mass is 79.9. The molecule has 0 bridgehead atoms. The molecule has 0 aliphatic carbocycles. The predicted octanol–water partition coefficient (Wildman–Crippen LogP) is 1.29. The lowest BCUT2D eigenvalue weighted by molar-refractivity contribution is -0.120. The first-order valence-corrected chi connectivity index (χ1v) is 8.30. The zero-order chi connectivity index (χ0) is 13.2. The number of hydrogen-bond acceptors (Lipinski definition) is 3. The zero-order valence-corrected chi connectivity index (χ0v) is 12.1. The number of nitrogens with one attached hydrogen (secondary N) is 1. The molecule has 98 valence electrons. The van der Waals surface area contributed by atoms with Gasteiger partial charge in [-0.05, 0) is 24.1 Å². The molecule has 1 aliphatic rings. The number of hydrogen-bond donors (Lipinski definition) is 1. The van der Waals surface area contributed by atoms with Crippen LogP contribution in [0, 0.1) is 0 Å². The maximum Gasteiger partial charge on any atom is 0.224 e. The highest BCUT2D eigenvalue weighted by molar-refractivity contribution is 9.10. The van der Waals surface area contributed by atoms with E-state index in [-0.39, 0.29) is 29.9 Å². The molecule has 0 radical (unpaired) electrons. The van der Waals surface area contributed by atoms with Gasteiger partial charge in [-0.3, -0.25) is 4.79 Å². The van der Waals surface area contributed by atoms with Crippen LogP contribution in [-0.4, -0.2) is 31.9 Å². The van der Waals surface area contributed by atoms with Crippen molar-refractivity contribution in [3.63, 3.8) is 0 Å². The Kier molecular flexibility index (Phi) is 4.07. The molecular weight excluding hydrogens is 318 g/mol. The van der Waals surface area contributed by atoms with Crippen molar-refractivity contribution in [1.82, 2.24) is 5.32 Å². The van der Waals surface area contributed by atoms with Crippen molar-refractivity contribution in [1.29, 1.82) is 0 Å². The lowest BCUT2D eigenvalue weighted by atomic mass is 10.1. The van der Waals surface area contributed by atoms with E-state index in [1.165, 1.54) is 0 Å². The van der Waals surface area contributed by atoms with Crippen LogP contribution in [0.2, 0.25) is 0 Å². The van der Waals surface area contributed by atoms with Gasteiger partial charge in [0.1, 0.15) is 0 Å². The van der Waals surface area contributed by atoms with E-state index in [0.717, 1.165) is 10.0 Å². The maximum absolute atomic E-state index is 11.8. The standard InChI is InChI=1S/C12H14BrNO3S/c13-10-3-1-2-9(6-10)7-12(15)14-11-4-5-18(16,17)8-11/h1-3,6,11H,4-5,7-8H2,(H,14,15). The minimum atomic E-state index is -2.94. The van der Waals surface area contributed by atoms with Gasteiger partial charge in [0.15, 0.2) is 9.84 Å². The van der Waals surface area contributed by atoms with Crippen molar-refractivity contribution in [2.45, 2.75) is 18.9 Å². The predicted molar refractivity (Wildman–Crippen MR) is 73.0 cm³/mol. The average Bonchev–Trinajstić information content (AvgIpc) is 2.57. The molecule has 0 saturated carbocycles. The van der Waals surface area contributed by atoms with Gasteiger partial charge < -0.3 is 5.32 Å². The fraction of sp³-hybridized carbons (Fsp3) is 0.417. The SMILES string of the molecule is O=C(Cc1cccc(Br)c1)NC1CCS(=O)(=O)C1. The summed E-state index contributed by atoms with van der Waals surface area (Å²) in [6.45, 7) is 0. The van der Waals surface area contributed by atoms with Gasteiger partial charge in [0.2, 0.25) is 5.91 Å². The van der Waals surface area contributed by atoms with Crippen LogP contribution in [0.4, 0.5) is 0 Å². The molecule has 6 heteroatoms. The summed E-state index contributed by atoms with van der Waals surface area (Å²) in [6, 6.07) is 7.29. The van der Waals surface area contributed by atoms with Crippen LogP contribution in [0.25, 0.3) is 0 Å². The summed E-state index contributed by atoms with van der Waals surface area (Å²) in [5, 5.41) is 2.77. The molecule has 0 aromatic heterocycles. The molecule has 2 rings (SSSR count). The smallest absolute Gasteiger partial charge is 0.224 e. The van der Waals surface area contributed by atoms with Crippen molar-refractivity contribution in [3.05, 3.63) is 34.3 Å². The van der Waals surface area contributed by atoms with Crippen molar-refractivity contribution in [3.8, 4) is 0 Å². The lowest BCUT2D eigenvalue weighted by Crippen LogP contribution is -2.36. The Labute approximate surface area is 115 Å². The van der Waals surface area contributed by atoms with Crippen LogP contribution in [0.3, 0.4) is 0 Å². The van der Waals surface area contributed by atoms with Crippen LogP contribution < -0.4 is 5.32 Å². The fourth-order valence-electron chi connectivity index (χ4n) is 2.02. The van der Waals surface area contributed by atoms with E-state index < -0.39 is 9.84 Å². The van der Waals surface area contributed by atoms with Crippen molar-refractivity contribution >= 4 is 31.7 Å². The molecule has 1 N–H and O–H groups in total. The monoisotopic (exact) mass is 331 g/mol. The molecule has 1 heterocycles. The van der Waals surface area contributed by atoms with Crippen LogP contribution in [-0.2, 0) is 21.1 Å². The number of rotatable bonds is 3. The van der Waals surface area contributed by atoms with Crippen molar-refractivity contribution in [2.24, 2.45) is 0 Å². The van der Waals surface area contributed by atoms with Crippen LogP contribution in [0.5, 0.6) is 0 Å². The number of sulfone groups is 1. The Morgan fingerprint density at radius 3 is 2.83 bits per heavy atom. The quantitative estimate of drug-likeness (QED) is 0.907. The minimum Gasteiger partial charge on any atom is -0.352 e. The normalized spacial score (nSPS) is 21.7. The van der Waals surface area contributed by atoms with Crippen LogP contribution >= 0.6 is 15.9 Å². The Morgan fingerprint density at radius 1 is 1.44 bits per heavy atom. The van der Waals surface area contributed by atoms with Gasteiger partial charge in [-0.1, -0.05) is 28.1 Å². The number of carbonyl (C=O) groups excluding carboxylic acids is 1. The molecular formula is C12H14BrNO3S. The third kappa shape index (κ3) is 3.81. The van der Waals surface area contributed by atoms with Crippen LogP contribution in [0.15, 0.2) is 28.7 Å². The van der Waals surface area contributed by atoms with Gasteiger partial charge in [-0.25, -0.2) is 8.42 Å². The first-order valence-electron chi connectivity index (χ1n) is 5.69. The topological polar surface area (TPSA) is 63.2 Å². The summed E-state index contributed by atoms with van der Waals surface area (Å²) in [6.07, 6.45) is 0.794. The Morgan fingerprint density at radius 2 is 2.22 bits per heavy atom. The molecule has 18 heavy (non-hydrogen) atoms. The Hall–Kier alpha value is -0.880. The molecule has 4 nitrogen and oxygen atoms in total. The summed E-state index contributed by atoms with van der Waals surface area (Å²) in [7, 11) is -2.94. The molecule has 1 atom stereocenters. The number of amides is 1. The molecule has 1 fully saturated rings. The van der Waals surface area contributed by atoms with Gasteiger partial charge in [-0.15, -0.1) is 0 Å². The fourth-order valence-corrected chi connectivity index (χ4v) is 4.14. The van der Waals surface area contributed by atoms with Gasteiger partial charge >= 0.3 is 0 Å². The summed E-state index contributed by atoms with van der Waals surface area (Å²) >= 11 is 3.34. The van der Waals surface area contributed by atoms with Gasteiger partial charge in [0, 0.05) is 10.5 Å². The van der Waals surface area contributed by atoms with E-state index in [2.05, 4.69) is 21.2 Å². The first-order chi connectivity index (χ1) is 8.44. The first kappa shape index (κ1) is 13.5. The van der Waals surface area contributed by atoms with Gasteiger partial charge in [-0.2, -0.15) is 0 Å². The summed E-state index contributed by atoms with van der Waals surface area (Å²) in [4.78, 5) is 11.8. The van der Waals surface area contributed by atoms with E-state index in [1.807, 2.05) is 24.3 Å². The highest BCUT2D eigenvalue weighted by Crippen LogP contribution is 2.13. The van der Waals surface area contributed by atoms with Gasteiger partial charge in [0.25, 0.3) is 0 Å². The summed E-state index contributed by atoms with van der Waals surface area (Å²) < 4.78 is 23.5. The van der Waals surface area contributed by atoms with E-state index in [4.69, 9.17) is 0 Å². The Bertz CT molecular complexity index is 556. The molecule has 1 aliphatic heterocycles. The number of halogens is 1.